The number of halogens is 1. The lowest BCUT2D eigenvalue weighted by Crippen LogP contribution is -2.29. The molecule has 0 N–H and O–H groups in total. The van der Waals surface area contributed by atoms with Gasteiger partial charge >= 0.3 is 0 Å². The molecule has 5 rings (SSSR count). The summed E-state index contributed by atoms with van der Waals surface area (Å²) >= 11 is 7.25. The van der Waals surface area contributed by atoms with Crippen LogP contribution in [0.3, 0.4) is 0 Å². The summed E-state index contributed by atoms with van der Waals surface area (Å²) in [7, 11) is 0. The average Bonchev–Trinajstić information content (AvgIpc) is 3.30. The van der Waals surface area contributed by atoms with E-state index in [0.717, 1.165) is 0 Å². The number of anilines is 1. The fourth-order valence-corrected chi connectivity index (χ4v) is 4.51. The minimum atomic E-state index is -0.879. The molecule has 11 heteroatoms. The molecule has 0 spiro atoms. The smallest absolute Gasteiger partial charge is 0.297 e. The second kappa shape index (κ2) is 6.96. The number of carbonyl (C=O) groups is 1. The van der Waals surface area contributed by atoms with Crippen molar-refractivity contribution in [2.75, 3.05) is 4.90 Å². The average molecular weight is 455 g/mol. The van der Waals surface area contributed by atoms with Crippen LogP contribution in [0.5, 0.6) is 0 Å². The van der Waals surface area contributed by atoms with Gasteiger partial charge in [-0.25, -0.2) is 0 Å². The maximum absolute atomic E-state index is 13.4. The van der Waals surface area contributed by atoms with Crippen molar-refractivity contribution >= 4 is 50.6 Å². The molecule has 0 saturated heterocycles. The number of fused-ring (bicyclic) bond motifs is 2. The lowest BCUT2D eigenvalue weighted by molar-refractivity contribution is -0.384. The third-order valence-corrected chi connectivity index (χ3v) is 6.05. The third-order valence-electron chi connectivity index (χ3n) is 4.97. The van der Waals surface area contributed by atoms with Crippen molar-refractivity contribution in [3.63, 3.8) is 0 Å². The number of carbonyl (C=O) groups excluding carboxylic acids is 1. The van der Waals surface area contributed by atoms with Crippen molar-refractivity contribution in [2.45, 2.75) is 13.0 Å². The molecular weight excluding hydrogens is 444 g/mol. The Morgan fingerprint density at radius 3 is 2.55 bits per heavy atom. The molecule has 0 aliphatic carbocycles. The molecule has 1 amide bonds. The molecule has 9 nitrogen and oxygen atoms in total. The van der Waals surface area contributed by atoms with Gasteiger partial charge in [0.05, 0.1) is 21.9 Å². The number of rotatable bonds is 3. The van der Waals surface area contributed by atoms with Gasteiger partial charge in [0, 0.05) is 17.2 Å². The molecular formula is C20H11ClN4O5S. The van der Waals surface area contributed by atoms with Gasteiger partial charge in [-0.2, -0.15) is 0 Å². The molecule has 1 aliphatic heterocycles. The summed E-state index contributed by atoms with van der Waals surface area (Å²) in [5.41, 5.74) is 0.350. The molecule has 0 fully saturated rings. The summed E-state index contributed by atoms with van der Waals surface area (Å²) in [6.45, 7) is 1.75. The van der Waals surface area contributed by atoms with Crippen molar-refractivity contribution in [3.05, 3.63) is 89.7 Å². The highest BCUT2D eigenvalue weighted by molar-refractivity contribution is 7.15. The van der Waals surface area contributed by atoms with Crippen molar-refractivity contribution in [1.82, 2.24) is 10.2 Å². The number of non-ortho nitro benzene ring substituents is 1. The molecule has 31 heavy (non-hydrogen) atoms. The maximum atomic E-state index is 13.4. The Balaban J connectivity index is 1.79. The second-order valence-electron chi connectivity index (χ2n) is 6.84. The van der Waals surface area contributed by atoms with E-state index < -0.39 is 22.3 Å². The van der Waals surface area contributed by atoms with Gasteiger partial charge in [0.15, 0.2) is 5.43 Å². The van der Waals surface area contributed by atoms with Gasteiger partial charge in [-0.1, -0.05) is 22.9 Å². The van der Waals surface area contributed by atoms with Crippen LogP contribution >= 0.6 is 22.9 Å². The van der Waals surface area contributed by atoms with E-state index in [0.29, 0.717) is 20.7 Å². The van der Waals surface area contributed by atoms with Gasteiger partial charge in [-0.15, -0.1) is 10.2 Å². The van der Waals surface area contributed by atoms with Crippen LogP contribution < -0.4 is 10.3 Å². The Labute approximate surface area is 182 Å². The van der Waals surface area contributed by atoms with Gasteiger partial charge in [-0.3, -0.25) is 24.6 Å². The quantitative estimate of drug-likeness (QED) is 0.335. The molecule has 2 aromatic heterocycles. The third kappa shape index (κ3) is 2.99. The number of nitro groups is 1. The van der Waals surface area contributed by atoms with Gasteiger partial charge < -0.3 is 4.42 Å². The summed E-state index contributed by atoms with van der Waals surface area (Å²) < 4.78 is 5.82. The fraction of sp³-hybridized carbons (Fsp3) is 0.100. The Morgan fingerprint density at radius 1 is 1.16 bits per heavy atom. The molecule has 2 aromatic carbocycles. The van der Waals surface area contributed by atoms with E-state index in [1.807, 2.05) is 0 Å². The first-order valence-electron chi connectivity index (χ1n) is 8.99. The zero-order valence-corrected chi connectivity index (χ0v) is 17.3. The topological polar surface area (TPSA) is 119 Å². The molecule has 3 heterocycles. The Bertz CT molecular complexity index is 1450. The van der Waals surface area contributed by atoms with Crippen LogP contribution in [0.15, 0.2) is 51.7 Å². The number of nitrogens with zero attached hydrogens (tertiary/aromatic N) is 4. The molecule has 1 aliphatic rings. The van der Waals surface area contributed by atoms with Crippen molar-refractivity contribution in [2.24, 2.45) is 0 Å². The zero-order chi connectivity index (χ0) is 21.9. The second-order valence-corrected chi connectivity index (χ2v) is 8.44. The van der Waals surface area contributed by atoms with E-state index in [-0.39, 0.29) is 28.0 Å². The summed E-state index contributed by atoms with van der Waals surface area (Å²) in [4.78, 5) is 38.6. The first-order valence-corrected chi connectivity index (χ1v) is 10.2. The van der Waals surface area contributed by atoms with Gasteiger partial charge in [0.2, 0.25) is 10.9 Å². The van der Waals surface area contributed by atoms with Crippen LogP contribution in [-0.2, 0) is 0 Å². The number of hydrogen-bond acceptors (Lipinski definition) is 8. The first kappa shape index (κ1) is 19.3. The van der Waals surface area contributed by atoms with Gasteiger partial charge in [0.25, 0.3) is 11.6 Å². The Hall–Kier alpha value is -3.63. The van der Waals surface area contributed by atoms with Crippen LogP contribution in [0.2, 0.25) is 5.02 Å². The van der Waals surface area contributed by atoms with Gasteiger partial charge in [-0.05, 0) is 42.8 Å². The minimum absolute atomic E-state index is 0.101. The number of nitro benzene ring substituents is 1. The SMILES string of the molecule is Cc1nnc(N2C(=O)c3oc4ccc(Cl)cc4c(=O)c3[C@@H]2c2ccc([N+](=O)[O-])cc2)s1. The van der Waals surface area contributed by atoms with Crippen molar-refractivity contribution in [1.29, 1.82) is 0 Å². The number of aromatic nitrogens is 2. The minimum Gasteiger partial charge on any atom is -0.450 e. The number of amides is 1. The molecule has 0 radical (unpaired) electrons. The highest BCUT2D eigenvalue weighted by Crippen LogP contribution is 2.42. The molecule has 0 bridgehead atoms. The van der Waals surface area contributed by atoms with Crippen molar-refractivity contribution in [3.8, 4) is 0 Å². The lowest BCUT2D eigenvalue weighted by atomic mass is 9.98. The number of aryl methyl sites for hydroxylation is 1. The molecule has 154 valence electrons. The van der Waals surface area contributed by atoms with E-state index >= 15 is 0 Å². The summed E-state index contributed by atoms with van der Waals surface area (Å²) in [5, 5.41) is 20.6. The predicted octanol–water partition coefficient (Wildman–Crippen LogP) is 4.26. The highest BCUT2D eigenvalue weighted by Gasteiger charge is 2.45. The normalized spacial score (nSPS) is 15.5. The van der Waals surface area contributed by atoms with Crippen LogP contribution in [0.4, 0.5) is 10.8 Å². The predicted molar refractivity (Wildman–Crippen MR) is 114 cm³/mol. The zero-order valence-electron chi connectivity index (χ0n) is 15.7. The van der Waals surface area contributed by atoms with E-state index in [1.54, 1.807) is 13.0 Å². The van der Waals surface area contributed by atoms with Crippen LogP contribution in [-0.4, -0.2) is 21.0 Å². The van der Waals surface area contributed by atoms with Crippen molar-refractivity contribution < 1.29 is 14.1 Å². The molecule has 4 aromatic rings. The molecule has 1 atom stereocenters. The van der Waals surface area contributed by atoms with E-state index in [4.69, 9.17) is 16.0 Å². The van der Waals surface area contributed by atoms with E-state index in [1.165, 1.54) is 52.6 Å². The molecule has 0 unspecified atom stereocenters. The lowest BCUT2D eigenvalue weighted by Gasteiger charge is -2.21. The number of hydrogen-bond donors (Lipinski definition) is 0. The van der Waals surface area contributed by atoms with Crippen LogP contribution in [0.25, 0.3) is 11.0 Å². The summed E-state index contributed by atoms with van der Waals surface area (Å²) in [6, 6.07) is 9.36. The van der Waals surface area contributed by atoms with E-state index in [9.17, 15) is 19.7 Å². The first-order chi connectivity index (χ1) is 14.8. The van der Waals surface area contributed by atoms with Crippen LogP contribution in [0.1, 0.15) is 32.7 Å². The van der Waals surface area contributed by atoms with E-state index in [2.05, 4.69) is 10.2 Å². The largest absolute Gasteiger partial charge is 0.450 e. The van der Waals surface area contributed by atoms with Crippen LogP contribution in [0, 0.1) is 17.0 Å². The Morgan fingerprint density at radius 2 is 1.90 bits per heavy atom. The molecule has 0 saturated carbocycles. The standard InChI is InChI=1S/C20H11ClN4O5S/c1-9-22-23-20(31-9)24-16(10-2-5-12(6-3-10)25(28)29)15-17(26)13-8-11(21)4-7-14(13)30-18(15)19(24)27/h2-8,16H,1H3/t16-/m0/s1. The monoisotopic (exact) mass is 454 g/mol. The fourth-order valence-electron chi connectivity index (χ4n) is 3.62. The Kier molecular flexibility index (Phi) is 4.34. The maximum Gasteiger partial charge on any atom is 0.297 e. The summed E-state index contributed by atoms with van der Waals surface area (Å²) in [6.07, 6.45) is 0. The highest BCUT2D eigenvalue weighted by atomic mass is 35.5. The van der Waals surface area contributed by atoms with Gasteiger partial charge in [0.1, 0.15) is 10.6 Å². The number of benzene rings is 2. The summed E-state index contributed by atoms with van der Waals surface area (Å²) in [5.74, 6) is -0.639.